The van der Waals surface area contributed by atoms with Crippen LogP contribution in [0, 0.1) is 0 Å². The van der Waals surface area contributed by atoms with E-state index >= 15 is 0 Å². The summed E-state index contributed by atoms with van der Waals surface area (Å²) in [5.41, 5.74) is 7.27. The first kappa shape index (κ1) is 17.3. The minimum atomic E-state index is -3.52. The number of hydrogen-bond donors (Lipinski definition) is 3. The topological polar surface area (TPSA) is 101 Å². The Bertz CT molecular complexity index is 838. The van der Waals surface area contributed by atoms with Crippen LogP contribution < -0.4 is 15.8 Å². The molecule has 0 aliphatic carbocycles. The molecule has 23 heavy (non-hydrogen) atoms. The third kappa shape index (κ3) is 4.95. The molecule has 0 aliphatic rings. The number of halogens is 1. The van der Waals surface area contributed by atoms with Crippen LogP contribution >= 0.6 is 11.6 Å². The lowest BCUT2D eigenvalue weighted by molar-refractivity contribution is 0.102. The number of anilines is 2. The molecule has 0 saturated carbocycles. The molecule has 122 valence electrons. The molecule has 0 unspecified atom stereocenters. The molecular formula is C15H16ClN3O3S. The van der Waals surface area contributed by atoms with E-state index in [1.807, 2.05) is 6.07 Å². The van der Waals surface area contributed by atoms with E-state index in [1.54, 1.807) is 18.2 Å². The van der Waals surface area contributed by atoms with E-state index in [0.717, 1.165) is 11.8 Å². The molecule has 0 fully saturated rings. The summed E-state index contributed by atoms with van der Waals surface area (Å²) in [7, 11) is -3.52. The Morgan fingerprint density at radius 1 is 1.22 bits per heavy atom. The molecule has 0 spiro atoms. The lowest BCUT2D eigenvalue weighted by Crippen LogP contribution is -2.17. The molecule has 6 nitrogen and oxygen atoms in total. The highest BCUT2D eigenvalue weighted by Gasteiger charge is 2.15. The molecule has 2 aromatic rings. The van der Waals surface area contributed by atoms with Gasteiger partial charge in [-0.05, 0) is 35.9 Å². The SMILES string of the molecule is CS(=O)(=O)Nc1ccc(Cl)cc1C(=O)Nc1cccc(CN)c1. The minimum Gasteiger partial charge on any atom is -0.326 e. The highest BCUT2D eigenvalue weighted by Crippen LogP contribution is 2.23. The predicted octanol–water partition coefficient (Wildman–Crippen LogP) is 2.42. The van der Waals surface area contributed by atoms with Crippen LogP contribution in [-0.4, -0.2) is 20.6 Å². The number of carbonyl (C=O) groups is 1. The van der Waals surface area contributed by atoms with Crippen LogP contribution in [0.15, 0.2) is 42.5 Å². The zero-order chi connectivity index (χ0) is 17.0. The van der Waals surface area contributed by atoms with Crippen molar-refractivity contribution in [2.45, 2.75) is 6.54 Å². The fraction of sp³-hybridized carbons (Fsp3) is 0.133. The first-order chi connectivity index (χ1) is 10.8. The first-order valence-corrected chi connectivity index (χ1v) is 8.93. The molecule has 1 amide bonds. The van der Waals surface area contributed by atoms with Crippen molar-refractivity contribution >= 4 is 38.9 Å². The van der Waals surface area contributed by atoms with Gasteiger partial charge in [0.2, 0.25) is 10.0 Å². The monoisotopic (exact) mass is 353 g/mol. The number of nitrogens with two attached hydrogens (primary N) is 1. The molecule has 0 bridgehead atoms. The molecule has 0 atom stereocenters. The largest absolute Gasteiger partial charge is 0.326 e. The molecular weight excluding hydrogens is 338 g/mol. The Labute approximate surface area is 139 Å². The highest BCUT2D eigenvalue weighted by atomic mass is 35.5. The molecule has 0 saturated heterocycles. The van der Waals surface area contributed by atoms with Crippen LogP contribution in [0.3, 0.4) is 0 Å². The standard InChI is InChI=1S/C15H16ClN3O3S/c1-23(21,22)19-14-6-5-11(16)8-13(14)15(20)18-12-4-2-3-10(7-12)9-17/h2-8,19H,9,17H2,1H3,(H,18,20). The first-order valence-electron chi connectivity index (χ1n) is 6.66. The lowest BCUT2D eigenvalue weighted by atomic mass is 10.1. The lowest BCUT2D eigenvalue weighted by Gasteiger charge is -2.12. The molecule has 4 N–H and O–H groups in total. The van der Waals surface area contributed by atoms with E-state index in [2.05, 4.69) is 10.0 Å². The zero-order valence-electron chi connectivity index (χ0n) is 12.3. The predicted molar refractivity (Wildman–Crippen MR) is 92.2 cm³/mol. The second kappa shape index (κ2) is 6.99. The fourth-order valence-electron chi connectivity index (χ4n) is 1.97. The third-order valence-electron chi connectivity index (χ3n) is 2.94. The summed E-state index contributed by atoms with van der Waals surface area (Å²) in [6.07, 6.45) is 1.01. The van der Waals surface area contributed by atoms with Gasteiger partial charge in [-0.25, -0.2) is 8.42 Å². The number of rotatable bonds is 5. The van der Waals surface area contributed by atoms with Gasteiger partial charge < -0.3 is 11.1 Å². The van der Waals surface area contributed by atoms with Gasteiger partial charge in [-0.15, -0.1) is 0 Å². The van der Waals surface area contributed by atoms with Crippen molar-refractivity contribution in [3.05, 3.63) is 58.6 Å². The van der Waals surface area contributed by atoms with Crippen molar-refractivity contribution in [3.63, 3.8) is 0 Å². The van der Waals surface area contributed by atoms with Gasteiger partial charge in [0.1, 0.15) is 0 Å². The number of benzene rings is 2. The summed E-state index contributed by atoms with van der Waals surface area (Å²) < 4.78 is 25.1. The summed E-state index contributed by atoms with van der Waals surface area (Å²) in [6, 6.07) is 11.4. The Morgan fingerprint density at radius 2 is 1.96 bits per heavy atom. The van der Waals surface area contributed by atoms with Crippen LogP contribution in [0.1, 0.15) is 15.9 Å². The second-order valence-corrected chi connectivity index (χ2v) is 7.11. The molecule has 0 aromatic heterocycles. The quantitative estimate of drug-likeness (QED) is 0.768. The van der Waals surface area contributed by atoms with Gasteiger partial charge in [0, 0.05) is 17.3 Å². The maximum absolute atomic E-state index is 12.4. The zero-order valence-corrected chi connectivity index (χ0v) is 13.9. The van der Waals surface area contributed by atoms with Crippen LogP contribution in [0.25, 0.3) is 0 Å². The average molecular weight is 354 g/mol. The summed E-state index contributed by atoms with van der Waals surface area (Å²) in [4.78, 5) is 12.4. The van der Waals surface area contributed by atoms with Crippen LogP contribution in [-0.2, 0) is 16.6 Å². The van der Waals surface area contributed by atoms with Gasteiger partial charge in [0.25, 0.3) is 5.91 Å². The van der Waals surface area contributed by atoms with E-state index in [9.17, 15) is 13.2 Å². The Morgan fingerprint density at radius 3 is 2.61 bits per heavy atom. The number of nitrogens with one attached hydrogen (secondary N) is 2. The number of carbonyl (C=O) groups excluding carboxylic acids is 1. The Balaban J connectivity index is 2.32. The fourth-order valence-corrected chi connectivity index (χ4v) is 2.72. The molecule has 0 radical (unpaired) electrons. The minimum absolute atomic E-state index is 0.126. The van der Waals surface area contributed by atoms with Crippen LogP contribution in [0.2, 0.25) is 5.02 Å². The van der Waals surface area contributed by atoms with Gasteiger partial charge >= 0.3 is 0 Å². The third-order valence-corrected chi connectivity index (χ3v) is 3.77. The molecule has 2 aromatic carbocycles. The van der Waals surface area contributed by atoms with Crippen LogP contribution in [0.5, 0.6) is 0 Å². The van der Waals surface area contributed by atoms with Gasteiger partial charge in [-0.3, -0.25) is 9.52 Å². The summed E-state index contributed by atoms with van der Waals surface area (Å²) in [6.45, 7) is 0.349. The summed E-state index contributed by atoms with van der Waals surface area (Å²) in [5, 5.41) is 3.02. The second-order valence-electron chi connectivity index (χ2n) is 4.92. The van der Waals surface area contributed by atoms with Gasteiger partial charge in [-0.1, -0.05) is 23.7 Å². The molecule has 2 rings (SSSR count). The summed E-state index contributed by atoms with van der Waals surface area (Å²) in [5.74, 6) is -0.479. The van der Waals surface area contributed by atoms with Crippen molar-refractivity contribution in [1.29, 1.82) is 0 Å². The average Bonchev–Trinajstić information content (AvgIpc) is 2.48. The summed E-state index contributed by atoms with van der Waals surface area (Å²) >= 11 is 5.91. The Hall–Kier alpha value is -2.09. The van der Waals surface area contributed by atoms with E-state index in [-0.39, 0.29) is 11.3 Å². The number of hydrogen-bond acceptors (Lipinski definition) is 4. The highest BCUT2D eigenvalue weighted by molar-refractivity contribution is 7.92. The van der Waals surface area contributed by atoms with Gasteiger partial charge in [-0.2, -0.15) is 0 Å². The van der Waals surface area contributed by atoms with Crippen molar-refractivity contribution in [2.75, 3.05) is 16.3 Å². The number of sulfonamides is 1. The van der Waals surface area contributed by atoms with Crippen LogP contribution in [0.4, 0.5) is 11.4 Å². The molecule has 0 heterocycles. The van der Waals surface area contributed by atoms with Crippen molar-refractivity contribution in [1.82, 2.24) is 0 Å². The van der Waals surface area contributed by atoms with E-state index in [1.165, 1.54) is 18.2 Å². The maximum atomic E-state index is 12.4. The van der Waals surface area contributed by atoms with Crippen molar-refractivity contribution in [2.24, 2.45) is 5.73 Å². The van der Waals surface area contributed by atoms with Crippen molar-refractivity contribution in [3.8, 4) is 0 Å². The Kier molecular flexibility index (Phi) is 5.25. The molecule has 0 aliphatic heterocycles. The van der Waals surface area contributed by atoms with Gasteiger partial charge in [0.05, 0.1) is 17.5 Å². The van der Waals surface area contributed by atoms with E-state index in [4.69, 9.17) is 17.3 Å². The smallest absolute Gasteiger partial charge is 0.257 e. The number of amides is 1. The van der Waals surface area contributed by atoms with E-state index < -0.39 is 15.9 Å². The maximum Gasteiger partial charge on any atom is 0.257 e. The normalized spacial score (nSPS) is 11.1. The van der Waals surface area contributed by atoms with Gasteiger partial charge in [0.15, 0.2) is 0 Å². The van der Waals surface area contributed by atoms with E-state index in [0.29, 0.717) is 17.3 Å². The van der Waals surface area contributed by atoms with Crippen molar-refractivity contribution < 1.29 is 13.2 Å². The molecule has 8 heteroatoms.